The highest BCUT2D eigenvalue weighted by Crippen LogP contribution is 2.52. The minimum absolute atomic E-state index is 0.0161. The number of fused-ring (bicyclic) bond motifs is 2. The number of aliphatic hydroxyl groups is 2. The summed E-state index contributed by atoms with van der Waals surface area (Å²) in [4.78, 5) is 17.1. The fraction of sp³-hybridized carbons (Fsp3) is 0.571. The van der Waals surface area contributed by atoms with Gasteiger partial charge in [0.15, 0.2) is 6.23 Å². The summed E-state index contributed by atoms with van der Waals surface area (Å²) in [5.74, 6) is -0.0159. The number of carbonyl (C=O) groups excluding carboxylic acids is 1. The molecule has 4 atom stereocenters. The fourth-order valence-electron chi connectivity index (χ4n) is 4.96. The molecule has 0 saturated carbocycles. The maximum Gasteiger partial charge on any atom is 0.230 e. The van der Waals surface area contributed by atoms with Gasteiger partial charge < -0.3 is 20.4 Å². The number of anilines is 1. The van der Waals surface area contributed by atoms with Crippen LogP contribution in [0, 0.1) is 5.92 Å². The van der Waals surface area contributed by atoms with Gasteiger partial charge in [-0.15, -0.1) is 0 Å². The average molecular weight is 371 g/mol. The van der Waals surface area contributed by atoms with Gasteiger partial charge in [-0.3, -0.25) is 9.69 Å². The van der Waals surface area contributed by atoms with Gasteiger partial charge in [-0.2, -0.15) is 0 Å². The number of hydrogen-bond acceptors (Lipinski definition) is 5. The van der Waals surface area contributed by atoms with Crippen LogP contribution in [0.1, 0.15) is 37.8 Å². The van der Waals surface area contributed by atoms with E-state index in [-0.39, 0.29) is 17.9 Å². The number of carbonyl (C=O) groups is 1. The average Bonchev–Trinajstić information content (AvgIpc) is 2.91. The predicted molar refractivity (Wildman–Crippen MR) is 105 cm³/mol. The van der Waals surface area contributed by atoms with Crippen molar-refractivity contribution in [3.8, 4) is 0 Å². The number of nitrogens with one attached hydrogen (secondary N) is 1. The van der Waals surface area contributed by atoms with Crippen LogP contribution in [0.2, 0.25) is 0 Å². The second-order valence-corrected chi connectivity index (χ2v) is 8.01. The van der Waals surface area contributed by atoms with Crippen LogP contribution in [0.3, 0.4) is 0 Å². The van der Waals surface area contributed by atoms with E-state index in [1.165, 1.54) is 0 Å². The number of likely N-dealkylation sites (N-methyl/N-ethyl adjacent to an activating group) is 1. The van der Waals surface area contributed by atoms with Crippen molar-refractivity contribution in [1.29, 1.82) is 0 Å². The van der Waals surface area contributed by atoms with Gasteiger partial charge in [-0.25, -0.2) is 0 Å². The fourth-order valence-corrected chi connectivity index (χ4v) is 4.96. The Bertz CT molecular complexity index is 793. The standard InChI is InChI=1S/C21H29N3O3/c1-4-9-24(5-2)19(25)13-10-15-14-7-6-8-16-18(14)21(27,20(26)22-16)11-17(15)23(3)12-13/h6-8,10,13,17,20,22,26-27H,4-5,9,11-12H2,1-3H3. The van der Waals surface area contributed by atoms with E-state index in [4.69, 9.17) is 0 Å². The summed E-state index contributed by atoms with van der Waals surface area (Å²) in [5.41, 5.74) is 2.28. The van der Waals surface area contributed by atoms with Crippen LogP contribution in [0.25, 0.3) is 5.57 Å². The van der Waals surface area contributed by atoms with Crippen molar-refractivity contribution in [3.05, 3.63) is 35.4 Å². The summed E-state index contributed by atoms with van der Waals surface area (Å²) in [7, 11) is 2.00. The molecule has 1 amide bonds. The maximum absolute atomic E-state index is 13.1. The zero-order valence-corrected chi connectivity index (χ0v) is 16.3. The first-order valence-electron chi connectivity index (χ1n) is 9.92. The van der Waals surface area contributed by atoms with E-state index < -0.39 is 11.8 Å². The third-order valence-electron chi connectivity index (χ3n) is 6.32. The highest BCUT2D eigenvalue weighted by Gasteiger charge is 2.53. The molecule has 1 aromatic rings. The molecule has 1 aromatic carbocycles. The Morgan fingerprint density at radius 2 is 2.19 bits per heavy atom. The van der Waals surface area contributed by atoms with Crippen molar-refractivity contribution >= 4 is 17.2 Å². The third-order valence-corrected chi connectivity index (χ3v) is 6.32. The largest absolute Gasteiger partial charge is 0.380 e. The van der Waals surface area contributed by atoms with E-state index >= 15 is 0 Å². The first kappa shape index (κ1) is 18.5. The molecule has 6 heteroatoms. The molecule has 0 fully saturated rings. The molecule has 27 heavy (non-hydrogen) atoms. The van der Waals surface area contributed by atoms with E-state index in [1.54, 1.807) is 0 Å². The molecular formula is C21H29N3O3. The molecule has 3 aliphatic rings. The Hall–Kier alpha value is -1.89. The molecule has 4 rings (SSSR count). The van der Waals surface area contributed by atoms with Crippen molar-refractivity contribution in [1.82, 2.24) is 9.80 Å². The number of hydrogen-bond donors (Lipinski definition) is 3. The Morgan fingerprint density at radius 1 is 1.41 bits per heavy atom. The Morgan fingerprint density at radius 3 is 2.89 bits per heavy atom. The molecule has 4 unspecified atom stereocenters. The number of nitrogens with zero attached hydrogens (tertiary/aromatic N) is 2. The van der Waals surface area contributed by atoms with Crippen LogP contribution in [0.4, 0.5) is 5.69 Å². The second-order valence-electron chi connectivity index (χ2n) is 8.01. The molecule has 0 saturated heterocycles. The van der Waals surface area contributed by atoms with E-state index in [9.17, 15) is 15.0 Å². The number of rotatable bonds is 4. The van der Waals surface area contributed by atoms with Crippen LogP contribution in [-0.4, -0.2) is 64.9 Å². The lowest BCUT2D eigenvalue weighted by atomic mass is 9.71. The van der Waals surface area contributed by atoms with E-state index in [1.807, 2.05) is 37.1 Å². The zero-order chi connectivity index (χ0) is 19.3. The predicted octanol–water partition coefficient (Wildman–Crippen LogP) is 1.59. The molecule has 3 N–H and O–H groups in total. The monoisotopic (exact) mass is 371 g/mol. The van der Waals surface area contributed by atoms with Gasteiger partial charge in [-0.1, -0.05) is 25.1 Å². The molecule has 1 aliphatic carbocycles. The Kier molecular flexibility index (Phi) is 4.53. The molecule has 2 heterocycles. The zero-order valence-electron chi connectivity index (χ0n) is 16.3. The molecule has 6 nitrogen and oxygen atoms in total. The minimum Gasteiger partial charge on any atom is -0.380 e. The van der Waals surface area contributed by atoms with Gasteiger partial charge in [0.2, 0.25) is 5.91 Å². The van der Waals surface area contributed by atoms with Gasteiger partial charge in [0.25, 0.3) is 0 Å². The molecular weight excluding hydrogens is 342 g/mol. The number of amides is 1. The van der Waals surface area contributed by atoms with Crippen LogP contribution < -0.4 is 5.32 Å². The SMILES string of the molecule is CCCN(CC)C(=O)C1C=C2c3cccc4c3C(O)(CC2N(C)C1)C(O)N4. The molecule has 146 valence electrons. The summed E-state index contributed by atoms with van der Waals surface area (Å²) in [6.07, 6.45) is 2.46. The highest BCUT2D eigenvalue weighted by molar-refractivity contribution is 5.88. The quantitative estimate of drug-likeness (QED) is 0.749. The topological polar surface area (TPSA) is 76.0 Å². The van der Waals surface area contributed by atoms with Gasteiger partial charge in [0.1, 0.15) is 5.60 Å². The van der Waals surface area contributed by atoms with Gasteiger partial charge in [0.05, 0.1) is 5.92 Å². The minimum atomic E-state index is -1.29. The lowest BCUT2D eigenvalue weighted by Gasteiger charge is -2.45. The summed E-state index contributed by atoms with van der Waals surface area (Å²) < 4.78 is 0. The molecule has 0 spiro atoms. The smallest absolute Gasteiger partial charge is 0.230 e. The second kappa shape index (κ2) is 6.62. The van der Waals surface area contributed by atoms with Gasteiger partial charge in [-0.05, 0) is 37.6 Å². The van der Waals surface area contributed by atoms with Crippen molar-refractivity contribution in [2.24, 2.45) is 5.92 Å². The Labute approximate surface area is 160 Å². The van der Waals surface area contributed by atoms with Crippen LogP contribution in [0.5, 0.6) is 0 Å². The lowest BCUT2D eigenvalue weighted by Crippen LogP contribution is -2.52. The summed E-state index contributed by atoms with van der Waals surface area (Å²) >= 11 is 0. The van der Waals surface area contributed by atoms with Gasteiger partial charge in [0, 0.05) is 43.3 Å². The first-order valence-corrected chi connectivity index (χ1v) is 9.92. The van der Waals surface area contributed by atoms with Crippen molar-refractivity contribution in [2.75, 3.05) is 32.0 Å². The van der Waals surface area contributed by atoms with E-state index in [2.05, 4.69) is 23.2 Å². The number of aliphatic hydroxyl groups excluding tert-OH is 1. The molecule has 0 aromatic heterocycles. The van der Waals surface area contributed by atoms with E-state index in [0.29, 0.717) is 13.0 Å². The van der Waals surface area contributed by atoms with Crippen molar-refractivity contribution in [3.63, 3.8) is 0 Å². The summed E-state index contributed by atoms with van der Waals surface area (Å²) in [6.45, 7) is 6.23. The van der Waals surface area contributed by atoms with Gasteiger partial charge >= 0.3 is 0 Å². The Balaban J connectivity index is 1.77. The van der Waals surface area contributed by atoms with Crippen LogP contribution in [0.15, 0.2) is 24.3 Å². The summed E-state index contributed by atoms with van der Waals surface area (Å²) in [6, 6.07) is 5.80. The molecule has 0 bridgehead atoms. The summed E-state index contributed by atoms with van der Waals surface area (Å²) in [5, 5.41) is 24.7. The highest BCUT2D eigenvalue weighted by atomic mass is 16.4. The van der Waals surface area contributed by atoms with Crippen LogP contribution >= 0.6 is 0 Å². The first-order chi connectivity index (χ1) is 12.9. The lowest BCUT2D eigenvalue weighted by molar-refractivity contribution is -0.134. The normalized spacial score (nSPS) is 31.6. The van der Waals surface area contributed by atoms with Crippen molar-refractivity contribution < 1.29 is 15.0 Å². The van der Waals surface area contributed by atoms with Crippen molar-refractivity contribution in [2.45, 2.75) is 44.6 Å². The van der Waals surface area contributed by atoms with Crippen LogP contribution in [-0.2, 0) is 10.4 Å². The number of benzene rings is 1. The molecule has 2 aliphatic heterocycles. The maximum atomic E-state index is 13.1. The molecule has 0 radical (unpaired) electrons. The third kappa shape index (κ3) is 2.70. The van der Waals surface area contributed by atoms with E-state index in [0.717, 1.165) is 41.9 Å².